The number of aliphatic hydroxyl groups excluding tert-OH is 1. The maximum Gasteiger partial charge on any atom is 0.251 e. The first kappa shape index (κ1) is 38.3. The first-order valence-electron chi connectivity index (χ1n) is 18.7. The van der Waals surface area contributed by atoms with Crippen LogP contribution in [0.1, 0.15) is 66.8 Å². The summed E-state index contributed by atoms with van der Waals surface area (Å²) in [6.45, 7) is 8.84. The molecule has 4 fully saturated rings. The summed E-state index contributed by atoms with van der Waals surface area (Å²) in [5, 5.41) is 22.0. The number of para-hydroxylation sites is 1. The number of hydrogen-bond donors (Lipinski definition) is 4. The zero-order valence-electron chi connectivity index (χ0n) is 32.2. The minimum Gasteiger partial charge on any atom is -0.496 e. The fourth-order valence-corrected chi connectivity index (χ4v) is 9.03. The van der Waals surface area contributed by atoms with E-state index in [1.807, 2.05) is 61.5 Å². The average Bonchev–Trinajstić information content (AvgIpc) is 3.52. The lowest BCUT2D eigenvalue weighted by atomic mass is 9.45. The van der Waals surface area contributed by atoms with Crippen molar-refractivity contribution in [3.63, 3.8) is 0 Å². The number of ether oxygens (including phenoxy) is 1. The van der Waals surface area contributed by atoms with Crippen molar-refractivity contribution in [3.8, 4) is 16.9 Å². The van der Waals surface area contributed by atoms with Gasteiger partial charge in [0.15, 0.2) is 0 Å². The van der Waals surface area contributed by atoms with Gasteiger partial charge in [-0.2, -0.15) is 5.06 Å². The molecular formula is C42H55N5O6. The zero-order chi connectivity index (χ0) is 38.2. The summed E-state index contributed by atoms with van der Waals surface area (Å²) in [7, 11) is 7.05. The van der Waals surface area contributed by atoms with Crippen molar-refractivity contribution < 1.29 is 29.1 Å². The van der Waals surface area contributed by atoms with E-state index in [0.717, 1.165) is 28.8 Å². The van der Waals surface area contributed by atoms with Gasteiger partial charge in [-0.3, -0.25) is 19.2 Å². The summed E-state index contributed by atoms with van der Waals surface area (Å²) in [5.41, 5.74) is 4.47. The Morgan fingerprint density at radius 2 is 1.75 bits per heavy atom. The lowest BCUT2D eigenvalue weighted by Crippen LogP contribution is -2.62. The predicted molar refractivity (Wildman–Crippen MR) is 205 cm³/mol. The number of carbonyl (C=O) groups excluding carboxylic acids is 3. The van der Waals surface area contributed by atoms with Gasteiger partial charge in [0.25, 0.3) is 11.8 Å². The quantitative estimate of drug-likeness (QED) is 0.208. The molecule has 11 nitrogen and oxygen atoms in total. The number of aliphatic hydroxyl groups is 1. The van der Waals surface area contributed by atoms with Crippen LogP contribution < -0.4 is 25.6 Å². The molecule has 1 aliphatic heterocycles. The van der Waals surface area contributed by atoms with Crippen molar-refractivity contribution in [2.24, 2.45) is 29.1 Å². The number of rotatable bonds is 12. The molecule has 284 valence electrons. The van der Waals surface area contributed by atoms with E-state index in [1.54, 1.807) is 50.4 Å². The molecule has 7 rings (SSSR count). The minimum absolute atomic E-state index is 0.0176. The second-order valence-electron chi connectivity index (χ2n) is 15.9. The van der Waals surface area contributed by atoms with Gasteiger partial charge in [0.2, 0.25) is 5.91 Å². The highest BCUT2D eigenvalue weighted by atomic mass is 16.7. The fourth-order valence-electron chi connectivity index (χ4n) is 9.03. The monoisotopic (exact) mass is 725 g/mol. The molecule has 3 amide bonds. The molecule has 3 saturated carbocycles. The van der Waals surface area contributed by atoms with Gasteiger partial charge in [0, 0.05) is 67.6 Å². The normalized spacial score (nSPS) is 26.5. The van der Waals surface area contributed by atoms with Crippen LogP contribution in [0.25, 0.3) is 11.1 Å². The zero-order valence-corrected chi connectivity index (χ0v) is 32.2. The maximum atomic E-state index is 14.5. The second-order valence-corrected chi connectivity index (χ2v) is 15.9. The SMILES string of the molecule is CNC(=O)c1cc(-c2cccc(CN3O[C@@H](CNC(=O)c4ccccc4)[C@@H]([C@H](C)O)C3C(=O)N[C@H]3C[C@H]4C[C@@H]([C@@H]3C)C4(C)C)c2OC)cc(N(C)C)c1. The highest BCUT2D eigenvalue weighted by Crippen LogP contribution is 2.61. The van der Waals surface area contributed by atoms with Crippen molar-refractivity contribution >= 4 is 23.4 Å². The van der Waals surface area contributed by atoms with Crippen LogP contribution in [-0.2, 0) is 16.2 Å². The lowest BCUT2D eigenvalue weighted by molar-refractivity contribution is -0.176. The van der Waals surface area contributed by atoms with Crippen molar-refractivity contribution in [2.75, 3.05) is 39.7 Å². The number of carbonyl (C=O) groups is 3. The molecule has 1 unspecified atom stereocenters. The number of methoxy groups -OCH3 is 1. The summed E-state index contributed by atoms with van der Waals surface area (Å²) in [4.78, 5) is 48.9. The number of fused-ring (bicyclic) bond motifs is 2. The van der Waals surface area contributed by atoms with Gasteiger partial charge in [0.05, 0.1) is 19.8 Å². The molecule has 1 saturated heterocycles. The van der Waals surface area contributed by atoms with Crippen LogP contribution in [0, 0.1) is 29.1 Å². The Morgan fingerprint density at radius 1 is 1.02 bits per heavy atom. The van der Waals surface area contributed by atoms with Crippen LogP contribution in [0.3, 0.4) is 0 Å². The van der Waals surface area contributed by atoms with Crippen LogP contribution in [0.15, 0.2) is 66.7 Å². The number of hydrogen-bond acceptors (Lipinski definition) is 8. The van der Waals surface area contributed by atoms with Crippen LogP contribution in [0.5, 0.6) is 5.75 Å². The van der Waals surface area contributed by atoms with Gasteiger partial charge in [-0.25, -0.2) is 0 Å². The molecule has 4 N–H and O–H groups in total. The standard InChI is InChI=1S/C42H55N5O6/c1-24-33-20-30(42(33,3)4)21-34(24)45-41(51)37-36(25(2)48)35(22-44-40(50)26-13-10-9-11-14-26)53-47(37)23-27-15-12-16-32(38(27)52-8)28-17-29(39(49)43-5)19-31(18-28)46(6)7/h9-19,24-25,30,33-37,48H,20-23H2,1-8H3,(H,43,49)(H,44,50)(H,45,51)/t24-,25-,30+,33-,34-,35-,36+,37?/m0/s1. The Kier molecular flexibility index (Phi) is 11.2. The number of nitrogens with zero attached hydrogens (tertiary/aromatic N) is 2. The summed E-state index contributed by atoms with van der Waals surface area (Å²) in [6.07, 6.45) is 0.502. The van der Waals surface area contributed by atoms with Crippen molar-refractivity contribution in [1.29, 1.82) is 0 Å². The van der Waals surface area contributed by atoms with E-state index in [2.05, 4.69) is 36.7 Å². The van der Waals surface area contributed by atoms with Gasteiger partial charge < -0.3 is 30.7 Å². The van der Waals surface area contributed by atoms with Gasteiger partial charge >= 0.3 is 0 Å². The van der Waals surface area contributed by atoms with E-state index < -0.39 is 24.2 Å². The molecule has 2 bridgehead atoms. The van der Waals surface area contributed by atoms with E-state index >= 15 is 0 Å². The third kappa shape index (κ3) is 7.52. The Morgan fingerprint density at radius 3 is 2.38 bits per heavy atom. The van der Waals surface area contributed by atoms with Crippen molar-refractivity contribution in [2.45, 2.75) is 71.4 Å². The van der Waals surface area contributed by atoms with Crippen LogP contribution in [0.2, 0.25) is 0 Å². The third-order valence-corrected chi connectivity index (χ3v) is 12.2. The predicted octanol–water partition coefficient (Wildman–Crippen LogP) is 4.89. The Balaban J connectivity index is 1.33. The highest BCUT2D eigenvalue weighted by molar-refractivity contribution is 5.97. The van der Waals surface area contributed by atoms with E-state index in [1.165, 1.54) is 6.42 Å². The molecule has 0 radical (unpaired) electrons. The summed E-state index contributed by atoms with van der Waals surface area (Å²) < 4.78 is 6.06. The number of benzene rings is 3. The van der Waals surface area contributed by atoms with Gasteiger partial charge in [-0.15, -0.1) is 0 Å². The Hall–Kier alpha value is -4.45. The fraction of sp³-hybridized carbons (Fsp3) is 0.500. The van der Waals surface area contributed by atoms with Crippen LogP contribution >= 0.6 is 0 Å². The van der Waals surface area contributed by atoms with E-state index in [9.17, 15) is 19.5 Å². The van der Waals surface area contributed by atoms with Gasteiger partial charge in [-0.05, 0) is 78.8 Å². The third-order valence-electron chi connectivity index (χ3n) is 12.2. The Bertz CT molecular complexity index is 1810. The molecular weight excluding hydrogens is 670 g/mol. The van der Waals surface area contributed by atoms with Gasteiger partial charge in [0.1, 0.15) is 17.9 Å². The molecule has 0 aromatic heterocycles. The van der Waals surface area contributed by atoms with Crippen molar-refractivity contribution in [3.05, 3.63) is 83.4 Å². The van der Waals surface area contributed by atoms with Crippen molar-refractivity contribution in [1.82, 2.24) is 21.0 Å². The first-order valence-corrected chi connectivity index (χ1v) is 18.7. The van der Waals surface area contributed by atoms with Crippen LogP contribution in [0.4, 0.5) is 5.69 Å². The number of nitrogens with one attached hydrogen (secondary N) is 3. The summed E-state index contributed by atoms with van der Waals surface area (Å²) in [5.74, 6) is 0.679. The molecule has 3 aliphatic carbocycles. The van der Waals surface area contributed by atoms with E-state index in [0.29, 0.717) is 34.6 Å². The average molecular weight is 726 g/mol. The smallest absolute Gasteiger partial charge is 0.251 e. The molecule has 3 aromatic rings. The highest BCUT2D eigenvalue weighted by Gasteiger charge is 2.57. The van der Waals surface area contributed by atoms with E-state index in [-0.39, 0.29) is 42.3 Å². The molecule has 11 heteroatoms. The first-order chi connectivity index (χ1) is 25.2. The molecule has 0 spiro atoms. The van der Waals surface area contributed by atoms with Crippen LogP contribution in [-0.4, -0.2) is 87.0 Å². The second kappa shape index (κ2) is 15.5. The number of anilines is 1. The number of hydroxylamine groups is 2. The minimum atomic E-state index is -0.921. The lowest BCUT2D eigenvalue weighted by Gasteiger charge is -2.62. The molecule has 8 atom stereocenters. The largest absolute Gasteiger partial charge is 0.496 e. The molecule has 53 heavy (non-hydrogen) atoms. The summed E-state index contributed by atoms with van der Waals surface area (Å²) >= 11 is 0. The molecule has 4 aliphatic rings. The summed E-state index contributed by atoms with van der Waals surface area (Å²) in [6, 6.07) is 19.6. The maximum absolute atomic E-state index is 14.5. The Labute approximate surface area is 313 Å². The molecule has 3 aromatic carbocycles. The van der Waals surface area contributed by atoms with Gasteiger partial charge in [-0.1, -0.05) is 57.2 Å². The number of amides is 3. The molecule has 1 heterocycles. The topological polar surface area (TPSA) is 132 Å². The van der Waals surface area contributed by atoms with E-state index in [4.69, 9.17) is 9.57 Å².